The first-order valence-electron chi connectivity index (χ1n) is 6.08. The average molecular weight is 265 g/mol. The van der Waals surface area contributed by atoms with Gasteiger partial charge in [-0.3, -0.25) is 0 Å². The highest BCUT2D eigenvalue weighted by molar-refractivity contribution is 5.57. The van der Waals surface area contributed by atoms with Crippen LogP contribution in [0.15, 0.2) is 11.1 Å². The molecule has 0 saturated heterocycles. The van der Waals surface area contributed by atoms with Gasteiger partial charge in [-0.25, -0.2) is 9.18 Å². The van der Waals surface area contributed by atoms with Gasteiger partial charge >= 0.3 is 0 Å². The predicted octanol–water partition coefficient (Wildman–Crippen LogP) is 2.37. The molecule has 5 nitrogen and oxygen atoms in total. The lowest BCUT2D eigenvalue weighted by molar-refractivity contribution is 0.171. The van der Waals surface area contributed by atoms with Crippen molar-refractivity contribution in [2.24, 2.45) is 4.99 Å². The summed E-state index contributed by atoms with van der Waals surface area (Å²) in [6, 6.07) is 1.18. The minimum absolute atomic E-state index is 0.0356. The summed E-state index contributed by atoms with van der Waals surface area (Å²) < 4.78 is 24.8. The van der Waals surface area contributed by atoms with Gasteiger partial charge in [0.05, 0.1) is 5.56 Å². The number of halogens is 1. The Labute approximate surface area is 108 Å². The van der Waals surface area contributed by atoms with E-state index in [1.165, 1.54) is 12.1 Å². The number of hydrogen-bond donors (Lipinski definition) is 1. The molecular weight excluding hydrogens is 253 g/mol. The summed E-state index contributed by atoms with van der Waals surface area (Å²) in [6.07, 6.45) is 4.23. The molecule has 19 heavy (non-hydrogen) atoms. The Morgan fingerprint density at radius 3 is 2.79 bits per heavy atom. The number of phenolic OH excluding ortho intramolecular Hbond substituents is 1. The minimum atomic E-state index is -0.998. The number of rotatable bonds is 2. The topological polar surface area (TPSA) is 68.1 Å². The summed E-state index contributed by atoms with van der Waals surface area (Å²) in [5.74, 6) is -0.811. The zero-order valence-electron chi connectivity index (χ0n) is 10.1. The van der Waals surface area contributed by atoms with Crippen LogP contribution in [0.25, 0.3) is 0 Å². The molecule has 0 unspecified atom stereocenters. The Morgan fingerprint density at radius 1 is 1.37 bits per heavy atom. The van der Waals surface area contributed by atoms with E-state index in [1.54, 1.807) is 0 Å². The van der Waals surface area contributed by atoms with E-state index in [4.69, 9.17) is 9.47 Å². The first-order chi connectivity index (χ1) is 9.18. The second-order valence-electron chi connectivity index (χ2n) is 4.76. The van der Waals surface area contributed by atoms with Crippen LogP contribution in [0, 0.1) is 5.82 Å². The monoisotopic (exact) mass is 265 g/mol. The summed E-state index contributed by atoms with van der Waals surface area (Å²) >= 11 is 0. The van der Waals surface area contributed by atoms with E-state index in [2.05, 4.69) is 4.99 Å². The maximum absolute atomic E-state index is 14.3. The Kier molecular flexibility index (Phi) is 2.68. The van der Waals surface area contributed by atoms with Crippen LogP contribution in [0.2, 0.25) is 0 Å². The summed E-state index contributed by atoms with van der Waals surface area (Å²) in [4.78, 5) is 14.5. The number of aromatic hydroxyl groups is 1. The predicted molar refractivity (Wildman–Crippen MR) is 62.5 cm³/mol. The fourth-order valence-electron chi connectivity index (χ4n) is 2.89. The summed E-state index contributed by atoms with van der Waals surface area (Å²) in [5.41, 5.74) is -0.886. The van der Waals surface area contributed by atoms with Crippen LogP contribution in [-0.2, 0) is 10.3 Å². The summed E-state index contributed by atoms with van der Waals surface area (Å²) in [7, 11) is 0. The lowest BCUT2D eigenvalue weighted by Gasteiger charge is -2.24. The Bertz CT molecular complexity index is 574. The second-order valence-corrected chi connectivity index (χ2v) is 4.76. The zero-order chi connectivity index (χ0) is 13.5. The van der Waals surface area contributed by atoms with Crippen LogP contribution in [0.4, 0.5) is 4.39 Å². The van der Waals surface area contributed by atoms with E-state index in [9.17, 15) is 14.3 Å². The smallest absolute Gasteiger partial charge is 0.235 e. The molecule has 2 aliphatic rings. The van der Waals surface area contributed by atoms with Gasteiger partial charge in [0.2, 0.25) is 12.9 Å². The first-order valence-corrected chi connectivity index (χ1v) is 6.08. The second kappa shape index (κ2) is 4.24. The molecule has 1 aliphatic carbocycles. The molecular formula is C13H12FNO4. The van der Waals surface area contributed by atoms with Crippen molar-refractivity contribution in [2.75, 3.05) is 6.79 Å². The highest BCUT2D eigenvalue weighted by atomic mass is 19.1. The molecule has 6 heteroatoms. The van der Waals surface area contributed by atoms with Crippen LogP contribution < -0.4 is 9.47 Å². The molecule has 0 spiro atoms. The normalized spacial score (nSPS) is 19.2. The van der Waals surface area contributed by atoms with Gasteiger partial charge in [0.15, 0.2) is 23.1 Å². The van der Waals surface area contributed by atoms with Gasteiger partial charge in [-0.05, 0) is 12.8 Å². The Morgan fingerprint density at radius 2 is 2.11 bits per heavy atom. The fourth-order valence-corrected chi connectivity index (χ4v) is 2.89. The number of fused-ring (bicyclic) bond motifs is 1. The molecule has 1 aromatic carbocycles. The standard InChI is InChI=1S/C13H12FNO4/c14-11-8(17)5-9-12(19-7-18-9)10(11)13(15-6-16)3-1-2-4-13/h5,17H,1-4,7H2. The lowest BCUT2D eigenvalue weighted by atomic mass is 9.87. The molecule has 100 valence electrons. The number of benzene rings is 1. The number of carbonyl (C=O) groups excluding carboxylic acids is 1. The lowest BCUT2D eigenvalue weighted by Crippen LogP contribution is -2.21. The SMILES string of the molecule is O=C=NC1(c2c(F)c(O)cc3c2OCO3)CCCC1. The molecule has 0 atom stereocenters. The van der Waals surface area contributed by atoms with Gasteiger partial charge in [0.25, 0.3) is 0 Å². The number of hydrogen-bond acceptors (Lipinski definition) is 5. The van der Waals surface area contributed by atoms with E-state index in [1.807, 2.05) is 0 Å². The summed E-state index contributed by atoms with van der Waals surface area (Å²) in [6.45, 7) is -0.0356. The largest absolute Gasteiger partial charge is 0.505 e. The van der Waals surface area contributed by atoms with E-state index in [0.29, 0.717) is 12.8 Å². The van der Waals surface area contributed by atoms with Crippen molar-refractivity contribution >= 4 is 6.08 Å². The molecule has 1 fully saturated rings. The van der Waals surface area contributed by atoms with Crippen LogP contribution in [0.1, 0.15) is 31.2 Å². The van der Waals surface area contributed by atoms with Crippen molar-refractivity contribution < 1.29 is 23.8 Å². The Balaban J connectivity index is 2.26. The molecule has 1 saturated carbocycles. The number of aliphatic imine (C=N–C) groups is 1. The highest BCUT2D eigenvalue weighted by Crippen LogP contribution is 2.52. The number of ether oxygens (including phenoxy) is 2. The summed E-state index contributed by atoms with van der Waals surface area (Å²) in [5, 5.41) is 9.66. The third-order valence-corrected chi connectivity index (χ3v) is 3.74. The molecule has 1 aliphatic heterocycles. The van der Waals surface area contributed by atoms with Crippen LogP contribution in [-0.4, -0.2) is 18.0 Å². The van der Waals surface area contributed by atoms with E-state index in [-0.39, 0.29) is 23.9 Å². The molecule has 0 amide bonds. The van der Waals surface area contributed by atoms with Gasteiger partial charge in [-0.15, -0.1) is 0 Å². The third-order valence-electron chi connectivity index (χ3n) is 3.74. The van der Waals surface area contributed by atoms with E-state index in [0.717, 1.165) is 12.8 Å². The van der Waals surface area contributed by atoms with Crippen LogP contribution >= 0.6 is 0 Å². The highest BCUT2D eigenvalue weighted by Gasteiger charge is 2.43. The van der Waals surface area contributed by atoms with Crippen molar-refractivity contribution in [3.05, 3.63) is 17.4 Å². The van der Waals surface area contributed by atoms with Crippen LogP contribution in [0.5, 0.6) is 17.2 Å². The molecule has 0 bridgehead atoms. The van der Waals surface area contributed by atoms with Gasteiger partial charge in [-0.1, -0.05) is 12.8 Å². The van der Waals surface area contributed by atoms with Gasteiger partial charge in [-0.2, -0.15) is 4.99 Å². The molecule has 1 heterocycles. The number of isocyanates is 1. The zero-order valence-corrected chi connectivity index (χ0v) is 10.1. The maximum Gasteiger partial charge on any atom is 0.235 e. The van der Waals surface area contributed by atoms with E-state index < -0.39 is 17.1 Å². The molecule has 0 radical (unpaired) electrons. The average Bonchev–Trinajstić information content (AvgIpc) is 3.01. The molecule has 1 aromatic rings. The van der Waals surface area contributed by atoms with Crippen molar-refractivity contribution in [2.45, 2.75) is 31.2 Å². The first kappa shape index (κ1) is 12.0. The number of phenols is 1. The third kappa shape index (κ3) is 1.68. The molecule has 0 aromatic heterocycles. The molecule has 1 N–H and O–H groups in total. The van der Waals surface area contributed by atoms with Gasteiger partial charge in [0, 0.05) is 6.07 Å². The van der Waals surface area contributed by atoms with Crippen LogP contribution in [0.3, 0.4) is 0 Å². The van der Waals surface area contributed by atoms with Crippen molar-refractivity contribution in [3.63, 3.8) is 0 Å². The Hall–Kier alpha value is -2.07. The van der Waals surface area contributed by atoms with Crippen molar-refractivity contribution in [1.82, 2.24) is 0 Å². The van der Waals surface area contributed by atoms with Crippen molar-refractivity contribution in [1.29, 1.82) is 0 Å². The van der Waals surface area contributed by atoms with Crippen molar-refractivity contribution in [3.8, 4) is 17.2 Å². The fraction of sp³-hybridized carbons (Fsp3) is 0.462. The minimum Gasteiger partial charge on any atom is -0.505 e. The quantitative estimate of drug-likeness (QED) is 0.658. The maximum atomic E-state index is 14.3. The van der Waals surface area contributed by atoms with Gasteiger partial charge in [0.1, 0.15) is 5.54 Å². The number of nitrogens with zero attached hydrogens (tertiary/aromatic N) is 1. The van der Waals surface area contributed by atoms with Gasteiger partial charge < -0.3 is 14.6 Å². The molecule has 3 rings (SSSR count). The van der Waals surface area contributed by atoms with E-state index >= 15 is 0 Å².